The summed E-state index contributed by atoms with van der Waals surface area (Å²) in [6.45, 7) is 2.21. The van der Waals surface area contributed by atoms with Gasteiger partial charge in [-0.25, -0.2) is 0 Å². The molecule has 0 bridgehead atoms. The van der Waals surface area contributed by atoms with Crippen molar-refractivity contribution in [1.82, 2.24) is 0 Å². The zero-order valence-corrected chi connectivity index (χ0v) is 10.1. The number of anilines is 1. The number of rotatable bonds is 4. The van der Waals surface area contributed by atoms with E-state index in [1.807, 2.05) is 24.3 Å². The molecule has 0 aromatic heterocycles. The first-order valence-electron chi connectivity index (χ1n) is 5.98. The predicted molar refractivity (Wildman–Crippen MR) is 73.7 cm³/mol. The van der Waals surface area contributed by atoms with E-state index in [2.05, 4.69) is 43.7 Å². The third-order valence-electron chi connectivity index (χ3n) is 2.99. The second-order valence-electron chi connectivity index (χ2n) is 4.38. The number of hydrogen-bond acceptors (Lipinski definition) is 1. The Morgan fingerprint density at radius 2 is 1.82 bits per heavy atom. The normalized spacial score (nSPS) is 12.3. The van der Waals surface area contributed by atoms with Crippen LogP contribution in [0.15, 0.2) is 54.6 Å². The summed E-state index contributed by atoms with van der Waals surface area (Å²) >= 11 is 0. The van der Waals surface area contributed by atoms with Gasteiger partial charge in [-0.1, -0.05) is 49.4 Å². The van der Waals surface area contributed by atoms with Crippen molar-refractivity contribution in [1.29, 1.82) is 0 Å². The summed E-state index contributed by atoms with van der Waals surface area (Å²) < 4.78 is 0. The van der Waals surface area contributed by atoms with Gasteiger partial charge in [0.05, 0.1) is 0 Å². The minimum atomic E-state index is 0.429. The largest absolute Gasteiger partial charge is 0.399 e. The summed E-state index contributed by atoms with van der Waals surface area (Å²) in [6.07, 6.45) is 3.32. The fraction of sp³-hybridized carbons (Fsp3) is 0.188. The van der Waals surface area contributed by atoms with E-state index in [4.69, 9.17) is 5.73 Å². The van der Waals surface area contributed by atoms with E-state index in [0.717, 1.165) is 12.1 Å². The van der Waals surface area contributed by atoms with Crippen LogP contribution in [0.25, 0.3) is 0 Å². The van der Waals surface area contributed by atoms with Crippen molar-refractivity contribution < 1.29 is 0 Å². The van der Waals surface area contributed by atoms with Crippen LogP contribution < -0.4 is 5.73 Å². The molecule has 0 aliphatic carbocycles. The van der Waals surface area contributed by atoms with Crippen molar-refractivity contribution in [3.8, 4) is 0 Å². The standard InChI is InChI=1S/C16H18N/c1-13(15-8-5-9-16(17)12-15)10-11-14-6-3-2-4-7-14/h2-10,12-13H,11,17H2,1H3. The SMILES string of the molecule is CC([CH]Cc1ccccc1)c1cccc(N)c1. The smallest absolute Gasteiger partial charge is 0.0316 e. The van der Waals surface area contributed by atoms with Crippen LogP contribution in [0.1, 0.15) is 24.0 Å². The highest BCUT2D eigenvalue weighted by Crippen LogP contribution is 2.21. The van der Waals surface area contributed by atoms with Crippen LogP contribution in [0.5, 0.6) is 0 Å². The van der Waals surface area contributed by atoms with E-state index in [0.29, 0.717) is 5.92 Å². The van der Waals surface area contributed by atoms with Crippen LogP contribution in [-0.4, -0.2) is 0 Å². The van der Waals surface area contributed by atoms with Gasteiger partial charge in [-0.15, -0.1) is 0 Å². The Morgan fingerprint density at radius 1 is 1.06 bits per heavy atom. The number of nitrogens with two attached hydrogens (primary N) is 1. The summed E-state index contributed by atoms with van der Waals surface area (Å²) in [5.41, 5.74) is 9.25. The van der Waals surface area contributed by atoms with Gasteiger partial charge in [-0.05, 0) is 42.0 Å². The van der Waals surface area contributed by atoms with Gasteiger partial charge in [0.2, 0.25) is 0 Å². The average Bonchev–Trinajstić information content (AvgIpc) is 2.37. The van der Waals surface area contributed by atoms with Gasteiger partial charge in [0.1, 0.15) is 0 Å². The molecule has 87 valence electrons. The number of nitrogen functional groups attached to an aromatic ring is 1. The Kier molecular flexibility index (Phi) is 3.81. The van der Waals surface area contributed by atoms with Gasteiger partial charge in [0, 0.05) is 5.69 Å². The summed E-state index contributed by atoms with van der Waals surface area (Å²) in [5.74, 6) is 0.429. The van der Waals surface area contributed by atoms with Gasteiger partial charge in [-0.2, -0.15) is 0 Å². The molecule has 2 N–H and O–H groups in total. The topological polar surface area (TPSA) is 26.0 Å². The molecule has 1 atom stereocenters. The average molecular weight is 224 g/mol. The molecule has 0 heterocycles. The molecule has 0 aliphatic rings. The van der Waals surface area contributed by atoms with Gasteiger partial charge in [-0.3, -0.25) is 0 Å². The van der Waals surface area contributed by atoms with Crippen LogP contribution in [0.3, 0.4) is 0 Å². The monoisotopic (exact) mass is 224 g/mol. The lowest BCUT2D eigenvalue weighted by Gasteiger charge is -2.12. The van der Waals surface area contributed by atoms with Crippen LogP contribution in [0.2, 0.25) is 0 Å². The Balaban J connectivity index is 1.96. The summed E-state index contributed by atoms with van der Waals surface area (Å²) in [6, 6.07) is 18.6. The maximum Gasteiger partial charge on any atom is 0.0316 e. The Hall–Kier alpha value is -1.76. The maximum atomic E-state index is 5.79. The van der Waals surface area contributed by atoms with Crippen LogP contribution in [0.4, 0.5) is 5.69 Å². The highest BCUT2D eigenvalue weighted by molar-refractivity contribution is 5.42. The van der Waals surface area contributed by atoms with E-state index in [9.17, 15) is 0 Å². The molecule has 2 aromatic carbocycles. The van der Waals surface area contributed by atoms with Gasteiger partial charge >= 0.3 is 0 Å². The molecule has 1 radical (unpaired) electrons. The van der Waals surface area contributed by atoms with E-state index in [1.165, 1.54) is 11.1 Å². The van der Waals surface area contributed by atoms with Gasteiger partial charge in [0.25, 0.3) is 0 Å². The van der Waals surface area contributed by atoms with Crippen LogP contribution in [-0.2, 0) is 6.42 Å². The predicted octanol–water partition coefficient (Wildman–Crippen LogP) is 3.82. The minimum absolute atomic E-state index is 0.429. The molecular weight excluding hydrogens is 206 g/mol. The summed E-state index contributed by atoms with van der Waals surface area (Å²) in [7, 11) is 0. The molecule has 2 rings (SSSR count). The Bertz CT molecular complexity index is 462. The first-order chi connectivity index (χ1) is 8.25. The molecule has 17 heavy (non-hydrogen) atoms. The second-order valence-corrected chi connectivity index (χ2v) is 4.38. The first kappa shape index (κ1) is 11.7. The molecule has 0 amide bonds. The Morgan fingerprint density at radius 3 is 2.53 bits per heavy atom. The van der Waals surface area contributed by atoms with Crippen molar-refractivity contribution in [2.75, 3.05) is 5.73 Å². The van der Waals surface area contributed by atoms with E-state index >= 15 is 0 Å². The number of hydrogen-bond donors (Lipinski definition) is 1. The highest BCUT2D eigenvalue weighted by Gasteiger charge is 2.06. The summed E-state index contributed by atoms with van der Waals surface area (Å²) in [4.78, 5) is 0. The lowest BCUT2D eigenvalue weighted by molar-refractivity contribution is 0.844. The minimum Gasteiger partial charge on any atom is -0.399 e. The quantitative estimate of drug-likeness (QED) is 0.785. The Labute approximate surface area is 103 Å². The van der Waals surface area contributed by atoms with E-state index in [-0.39, 0.29) is 0 Å². The molecule has 0 saturated heterocycles. The third-order valence-corrected chi connectivity index (χ3v) is 2.99. The van der Waals surface area contributed by atoms with Crippen LogP contribution in [0, 0.1) is 6.42 Å². The molecule has 0 saturated carbocycles. The summed E-state index contributed by atoms with van der Waals surface area (Å²) in [5, 5.41) is 0. The lowest BCUT2D eigenvalue weighted by Crippen LogP contribution is -1.98. The van der Waals surface area contributed by atoms with Crippen molar-refractivity contribution >= 4 is 5.69 Å². The molecule has 0 fully saturated rings. The van der Waals surface area contributed by atoms with Crippen LogP contribution >= 0.6 is 0 Å². The fourth-order valence-electron chi connectivity index (χ4n) is 1.91. The zero-order valence-electron chi connectivity index (χ0n) is 10.1. The van der Waals surface area contributed by atoms with Crippen molar-refractivity contribution in [2.45, 2.75) is 19.3 Å². The molecule has 2 aromatic rings. The molecule has 1 unspecified atom stereocenters. The lowest BCUT2D eigenvalue weighted by atomic mass is 9.94. The van der Waals surface area contributed by atoms with Crippen molar-refractivity contribution in [2.24, 2.45) is 0 Å². The molecule has 1 heteroatoms. The highest BCUT2D eigenvalue weighted by atomic mass is 14.5. The molecule has 1 nitrogen and oxygen atoms in total. The maximum absolute atomic E-state index is 5.79. The first-order valence-corrected chi connectivity index (χ1v) is 5.98. The molecule has 0 spiro atoms. The second kappa shape index (κ2) is 5.53. The molecule has 0 aliphatic heterocycles. The fourth-order valence-corrected chi connectivity index (χ4v) is 1.91. The van der Waals surface area contributed by atoms with Gasteiger partial charge < -0.3 is 5.73 Å². The van der Waals surface area contributed by atoms with E-state index in [1.54, 1.807) is 0 Å². The van der Waals surface area contributed by atoms with Crippen molar-refractivity contribution in [3.63, 3.8) is 0 Å². The van der Waals surface area contributed by atoms with Gasteiger partial charge in [0.15, 0.2) is 0 Å². The number of benzene rings is 2. The van der Waals surface area contributed by atoms with Crippen molar-refractivity contribution in [3.05, 3.63) is 72.1 Å². The molecular formula is C16H18N. The van der Waals surface area contributed by atoms with E-state index < -0.39 is 0 Å². The zero-order chi connectivity index (χ0) is 12.1. The third kappa shape index (κ3) is 3.35.